The Morgan fingerprint density at radius 1 is 1.11 bits per heavy atom. The minimum Gasteiger partial charge on any atom is -0.479 e. The summed E-state index contributed by atoms with van der Waals surface area (Å²) in [5.74, 6) is -0.390. The van der Waals surface area contributed by atoms with Crippen LogP contribution in [-0.2, 0) is 14.6 Å². The molecule has 0 heterocycles. The number of aliphatic carboxylic acids is 1. The molecule has 0 aromatic heterocycles. The summed E-state index contributed by atoms with van der Waals surface area (Å²) >= 11 is 0. The molecule has 0 saturated heterocycles. The highest BCUT2D eigenvalue weighted by molar-refractivity contribution is 5.99. The zero-order valence-electron chi connectivity index (χ0n) is 16.7. The molecule has 1 aliphatic carbocycles. The molecular weight excluding hydrogens is 352 g/mol. The molecule has 4 heteroatoms. The Kier molecular flexibility index (Phi) is 5.59. The maximum atomic E-state index is 12.3. The van der Waals surface area contributed by atoms with Gasteiger partial charge in [-0.05, 0) is 41.2 Å². The van der Waals surface area contributed by atoms with Gasteiger partial charge in [-0.3, -0.25) is 0 Å². The number of carbonyl (C=O) groups is 1. The van der Waals surface area contributed by atoms with Crippen LogP contribution in [0.15, 0.2) is 60.7 Å². The van der Waals surface area contributed by atoms with E-state index in [1.807, 2.05) is 24.3 Å². The lowest BCUT2D eigenvalue weighted by Crippen LogP contribution is -2.49. The molecule has 1 saturated carbocycles. The summed E-state index contributed by atoms with van der Waals surface area (Å²) in [5, 5.41) is 10.1. The van der Waals surface area contributed by atoms with Gasteiger partial charge < -0.3 is 9.53 Å². The first-order valence-corrected chi connectivity index (χ1v) is 10.5. The maximum Gasteiger partial charge on any atom is 0.332 e. The molecule has 1 fully saturated rings. The Balaban J connectivity index is 2.28. The van der Waals surface area contributed by atoms with E-state index in [2.05, 4.69) is 57.2 Å². The zero-order valence-corrected chi connectivity index (χ0v) is 18.7. The molecule has 2 aromatic rings. The predicted octanol–water partition coefficient (Wildman–Crippen LogP) is 3.91. The first-order valence-electron chi connectivity index (χ1n) is 9.68. The van der Waals surface area contributed by atoms with Gasteiger partial charge in [0.05, 0.1) is 0 Å². The Bertz CT molecular complexity index is 769. The summed E-state index contributed by atoms with van der Waals surface area (Å²) in [5.41, 5.74) is 1.80. The molecule has 0 amide bonds. The quantitative estimate of drug-likeness (QED) is 0.798. The average molecular weight is 383 g/mol. The first-order chi connectivity index (χ1) is 12.8. The molecule has 0 radical (unpaired) electrons. The van der Waals surface area contributed by atoms with E-state index in [9.17, 15) is 9.90 Å². The van der Waals surface area contributed by atoms with Crippen LogP contribution >= 0.6 is 0 Å². The summed E-state index contributed by atoms with van der Waals surface area (Å²) in [7, 11) is 0.394. The fourth-order valence-electron chi connectivity index (χ4n) is 5.25. The van der Waals surface area contributed by atoms with Gasteiger partial charge in [0.15, 0.2) is 6.10 Å². The van der Waals surface area contributed by atoms with E-state index in [1.165, 1.54) is 5.56 Å². The van der Waals surface area contributed by atoms with Gasteiger partial charge in [-0.2, -0.15) is 0 Å². The summed E-state index contributed by atoms with van der Waals surface area (Å²) in [6.45, 7) is 6.81. The van der Waals surface area contributed by atoms with Crippen molar-refractivity contribution in [2.75, 3.05) is 0 Å². The van der Waals surface area contributed by atoms with Gasteiger partial charge in [0, 0.05) is 5.41 Å². The topological polar surface area (TPSA) is 46.5 Å². The number of carboxylic acid groups (broad SMARTS) is 1. The van der Waals surface area contributed by atoms with E-state index in [0.717, 1.165) is 18.4 Å². The lowest BCUT2D eigenvalue weighted by atomic mass is 9.61. The first kappa shape index (κ1) is 19.8. The minimum absolute atomic E-state index is 0.0747. The highest BCUT2D eigenvalue weighted by atomic mass is 28.2. The Morgan fingerprint density at radius 2 is 1.67 bits per heavy atom. The highest BCUT2D eigenvalue weighted by Crippen LogP contribution is 2.60. The van der Waals surface area contributed by atoms with Crippen molar-refractivity contribution in [2.45, 2.75) is 51.0 Å². The molecule has 27 heavy (non-hydrogen) atoms. The third-order valence-electron chi connectivity index (χ3n) is 6.34. The molecule has 1 N–H and O–H groups in total. The van der Waals surface area contributed by atoms with Crippen molar-refractivity contribution < 1.29 is 14.3 Å². The fraction of sp³-hybridized carbons (Fsp3) is 0.435. The largest absolute Gasteiger partial charge is 0.479 e. The molecule has 0 bridgehead atoms. The molecule has 1 aliphatic rings. The Hall–Kier alpha value is -1.91. The second-order valence-corrected chi connectivity index (χ2v) is 9.23. The average Bonchev–Trinajstić information content (AvgIpc) is 3.05. The lowest BCUT2D eigenvalue weighted by Gasteiger charge is -2.44. The SMILES string of the molecule is CC(C)(C)[C@H]1CCC(c2ccccc2)(C(O[SiH3])C(=O)O)[C@H]1c1ccccc1. The normalized spacial score (nSPS) is 26.8. The van der Waals surface area contributed by atoms with Crippen molar-refractivity contribution in [1.29, 1.82) is 0 Å². The van der Waals surface area contributed by atoms with E-state index in [1.54, 1.807) is 0 Å². The maximum absolute atomic E-state index is 12.3. The van der Waals surface area contributed by atoms with Crippen LogP contribution in [0.3, 0.4) is 0 Å². The molecular formula is C23H30O3Si. The van der Waals surface area contributed by atoms with Crippen molar-refractivity contribution in [3.63, 3.8) is 0 Å². The van der Waals surface area contributed by atoms with Crippen molar-refractivity contribution in [1.82, 2.24) is 0 Å². The number of benzene rings is 2. The van der Waals surface area contributed by atoms with Crippen LogP contribution in [0.25, 0.3) is 0 Å². The number of rotatable bonds is 5. The van der Waals surface area contributed by atoms with Gasteiger partial charge in [0.2, 0.25) is 0 Å². The summed E-state index contributed by atoms with van der Waals surface area (Å²) in [6, 6.07) is 20.6. The standard InChI is InChI=1S/C23H30O3Si/c1-22(2,3)18-14-15-23(20(26-27)21(24)25,17-12-8-5-9-13-17)19(18)16-10-6-4-7-11-16/h4-13,18-20H,14-15H2,1-3,27H3,(H,24,25)/t18-,19-,20?,23?/m0/s1. The minimum atomic E-state index is -0.857. The zero-order chi connectivity index (χ0) is 19.7. The van der Waals surface area contributed by atoms with E-state index < -0.39 is 17.5 Å². The van der Waals surface area contributed by atoms with E-state index >= 15 is 0 Å². The van der Waals surface area contributed by atoms with Gasteiger partial charge in [0.1, 0.15) is 10.5 Å². The molecule has 144 valence electrons. The predicted molar refractivity (Wildman–Crippen MR) is 112 cm³/mol. The van der Waals surface area contributed by atoms with E-state index in [4.69, 9.17) is 4.43 Å². The van der Waals surface area contributed by atoms with Gasteiger partial charge in [-0.15, -0.1) is 0 Å². The summed E-state index contributed by atoms with van der Waals surface area (Å²) < 4.78 is 5.81. The fourth-order valence-corrected chi connectivity index (χ4v) is 5.87. The van der Waals surface area contributed by atoms with E-state index in [0.29, 0.717) is 16.4 Å². The van der Waals surface area contributed by atoms with Crippen molar-refractivity contribution in [3.05, 3.63) is 71.8 Å². The van der Waals surface area contributed by atoms with Crippen molar-refractivity contribution >= 4 is 16.5 Å². The second-order valence-electron chi connectivity index (χ2n) is 8.76. The molecule has 0 aliphatic heterocycles. The molecule has 4 atom stereocenters. The number of carboxylic acids is 1. The van der Waals surface area contributed by atoms with Crippen molar-refractivity contribution in [3.8, 4) is 0 Å². The van der Waals surface area contributed by atoms with Gasteiger partial charge in [-0.25, -0.2) is 4.79 Å². The smallest absolute Gasteiger partial charge is 0.332 e. The number of hydrogen-bond donors (Lipinski definition) is 1. The molecule has 2 unspecified atom stereocenters. The van der Waals surface area contributed by atoms with Crippen LogP contribution in [0.1, 0.15) is 50.7 Å². The Morgan fingerprint density at radius 3 is 2.15 bits per heavy atom. The monoisotopic (exact) mass is 382 g/mol. The van der Waals surface area contributed by atoms with Gasteiger partial charge >= 0.3 is 5.97 Å². The molecule has 2 aromatic carbocycles. The second kappa shape index (κ2) is 7.61. The summed E-state index contributed by atoms with van der Waals surface area (Å²) in [6.07, 6.45) is 0.980. The lowest BCUT2D eigenvalue weighted by molar-refractivity contribution is -0.149. The molecule has 3 rings (SSSR count). The summed E-state index contributed by atoms with van der Waals surface area (Å²) in [4.78, 5) is 12.3. The van der Waals surface area contributed by atoms with Gasteiger partial charge in [0.25, 0.3) is 0 Å². The third kappa shape index (κ3) is 3.48. The van der Waals surface area contributed by atoms with E-state index in [-0.39, 0.29) is 11.3 Å². The van der Waals surface area contributed by atoms with Crippen LogP contribution in [0.5, 0.6) is 0 Å². The van der Waals surface area contributed by atoms with Crippen LogP contribution < -0.4 is 0 Å². The van der Waals surface area contributed by atoms with Crippen LogP contribution in [0.4, 0.5) is 0 Å². The molecule has 3 nitrogen and oxygen atoms in total. The van der Waals surface area contributed by atoms with Crippen LogP contribution in [0, 0.1) is 11.3 Å². The van der Waals surface area contributed by atoms with Crippen LogP contribution in [-0.4, -0.2) is 27.7 Å². The van der Waals surface area contributed by atoms with Crippen molar-refractivity contribution in [2.24, 2.45) is 11.3 Å². The Labute approximate surface area is 165 Å². The third-order valence-corrected chi connectivity index (χ3v) is 6.81. The molecule has 0 spiro atoms. The van der Waals surface area contributed by atoms with Crippen LogP contribution in [0.2, 0.25) is 0 Å². The van der Waals surface area contributed by atoms with Gasteiger partial charge in [-0.1, -0.05) is 81.4 Å². The highest BCUT2D eigenvalue weighted by Gasteiger charge is 2.58. The number of hydrogen-bond acceptors (Lipinski definition) is 2.